The van der Waals surface area contributed by atoms with Crippen LogP contribution in [0.1, 0.15) is 47.2 Å². The second kappa shape index (κ2) is 12.4. The van der Waals surface area contributed by atoms with Crippen LogP contribution in [0.2, 0.25) is 10.0 Å². The highest BCUT2D eigenvalue weighted by Gasteiger charge is 2.43. The molecule has 6 rings (SSSR count). The molecule has 1 N–H and O–H groups in total. The Balaban J connectivity index is 1.19. The molecule has 9 nitrogen and oxygen atoms in total. The number of nitrogens with zero attached hydrogens (tertiary/aromatic N) is 6. The van der Waals surface area contributed by atoms with Gasteiger partial charge in [0.05, 0.1) is 21.3 Å². The molecule has 3 aromatic carbocycles. The third-order valence-corrected chi connectivity index (χ3v) is 9.90. The Bertz CT molecular complexity index is 1580. The average Bonchev–Trinajstić information content (AvgIpc) is 3.74. The number of carbonyl (C=O) groups is 2. The molecule has 11 heteroatoms. The predicted octanol–water partition coefficient (Wildman–Crippen LogP) is 4.88. The summed E-state index contributed by atoms with van der Waals surface area (Å²) in [5.74, 6) is -0.0255. The average molecular weight is 619 g/mol. The van der Waals surface area contributed by atoms with E-state index in [1.54, 1.807) is 0 Å². The maximum Gasteiger partial charge on any atom is 0.253 e. The van der Waals surface area contributed by atoms with Gasteiger partial charge in [-0.05, 0) is 84.1 Å². The number of halogens is 2. The summed E-state index contributed by atoms with van der Waals surface area (Å²) in [4.78, 5) is 29.7. The van der Waals surface area contributed by atoms with Crippen molar-refractivity contribution >= 4 is 35.5 Å². The lowest BCUT2D eigenvalue weighted by Gasteiger charge is -2.43. The Hall–Kier alpha value is -3.79. The summed E-state index contributed by atoms with van der Waals surface area (Å²) >= 11 is 12.8. The summed E-state index contributed by atoms with van der Waals surface area (Å²) in [6.45, 7) is 3.80. The molecule has 2 saturated heterocycles. The van der Waals surface area contributed by atoms with Crippen LogP contribution in [0.15, 0.2) is 79.1 Å². The van der Waals surface area contributed by atoms with Crippen molar-refractivity contribution in [3.63, 3.8) is 0 Å². The number of amides is 2. The lowest BCUT2D eigenvalue weighted by atomic mass is 9.76. The van der Waals surface area contributed by atoms with Crippen molar-refractivity contribution in [2.45, 2.75) is 36.6 Å². The minimum atomic E-state index is -0.353. The zero-order valence-electron chi connectivity index (χ0n) is 23.7. The second-order valence-electron chi connectivity index (χ2n) is 11.5. The van der Waals surface area contributed by atoms with Crippen LogP contribution >= 0.6 is 23.2 Å². The highest BCUT2D eigenvalue weighted by molar-refractivity contribution is 6.42. The highest BCUT2D eigenvalue weighted by Crippen LogP contribution is 2.41. The first-order chi connectivity index (χ1) is 20.9. The van der Waals surface area contributed by atoms with E-state index in [0.717, 1.165) is 68.5 Å². The molecule has 2 amide bonds. The molecule has 0 aliphatic carbocycles. The predicted molar refractivity (Wildman–Crippen MR) is 165 cm³/mol. The molecule has 4 aromatic rings. The molecule has 2 aliphatic rings. The normalized spacial score (nSPS) is 20.2. The zero-order valence-corrected chi connectivity index (χ0v) is 25.2. The molecule has 0 saturated carbocycles. The van der Waals surface area contributed by atoms with Gasteiger partial charge in [0, 0.05) is 37.2 Å². The van der Waals surface area contributed by atoms with E-state index in [0.29, 0.717) is 28.7 Å². The first kappa shape index (κ1) is 29.3. The molecule has 0 bridgehead atoms. The summed E-state index contributed by atoms with van der Waals surface area (Å²) in [5, 5.41) is 15.5. The number of hydrogen-bond acceptors (Lipinski definition) is 6. The topological polar surface area (TPSA) is 96.2 Å². The van der Waals surface area contributed by atoms with Gasteiger partial charge in [-0.1, -0.05) is 65.7 Å². The van der Waals surface area contributed by atoms with Crippen LogP contribution in [0.5, 0.6) is 0 Å². The molecule has 0 radical (unpaired) electrons. The fourth-order valence-corrected chi connectivity index (χ4v) is 6.91. The van der Waals surface area contributed by atoms with E-state index >= 15 is 0 Å². The summed E-state index contributed by atoms with van der Waals surface area (Å²) in [6, 6.07) is 23.4. The standard InChI is InChI=1S/C32H33Cl2N7O2/c33-28-10-9-26(20-29(28)34)31(11-15-39-16-13-32(14-17-39,35-23-42)25-6-2-1-3-7-25)12-18-40(21-31)30(43)24-5-4-8-27(19-24)41-22-36-37-38-41/h1-10,19-20,22-23H,11-18,21H2,(H,35,42)/t31-/m0/s1. The molecule has 43 heavy (non-hydrogen) atoms. The van der Waals surface area contributed by atoms with Crippen LogP contribution in [0.4, 0.5) is 0 Å². The Morgan fingerprint density at radius 1 is 0.907 bits per heavy atom. The number of tetrazole rings is 1. The van der Waals surface area contributed by atoms with E-state index in [1.165, 1.54) is 11.0 Å². The number of carbonyl (C=O) groups excluding carboxylic acids is 2. The van der Waals surface area contributed by atoms with Gasteiger partial charge in [0.1, 0.15) is 6.33 Å². The number of hydrogen-bond donors (Lipinski definition) is 1. The largest absolute Gasteiger partial charge is 0.349 e. The maximum absolute atomic E-state index is 13.8. The molecule has 2 aliphatic heterocycles. The van der Waals surface area contributed by atoms with Crippen molar-refractivity contribution in [2.24, 2.45) is 0 Å². The maximum atomic E-state index is 13.8. The zero-order chi connectivity index (χ0) is 29.9. The molecule has 2 fully saturated rings. The first-order valence-corrected chi connectivity index (χ1v) is 15.2. The molecule has 0 spiro atoms. The van der Waals surface area contributed by atoms with E-state index in [4.69, 9.17) is 23.2 Å². The molecule has 0 unspecified atom stereocenters. The molecular weight excluding hydrogens is 585 g/mol. The number of nitrogens with one attached hydrogen (secondary N) is 1. The van der Waals surface area contributed by atoms with E-state index in [-0.39, 0.29) is 16.9 Å². The van der Waals surface area contributed by atoms with E-state index in [9.17, 15) is 9.59 Å². The Morgan fingerprint density at radius 2 is 1.72 bits per heavy atom. The Labute approximate surface area is 260 Å². The van der Waals surface area contributed by atoms with Gasteiger partial charge in [0.2, 0.25) is 6.41 Å². The molecule has 1 atom stereocenters. The van der Waals surface area contributed by atoms with Crippen molar-refractivity contribution < 1.29 is 9.59 Å². The summed E-state index contributed by atoms with van der Waals surface area (Å²) < 4.78 is 1.54. The van der Waals surface area contributed by atoms with Gasteiger partial charge >= 0.3 is 0 Å². The quantitative estimate of drug-likeness (QED) is 0.269. The highest BCUT2D eigenvalue weighted by atomic mass is 35.5. The number of rotatable bonds is 9. The molecule has 1 aromatic heterocycles. The van der Waals surface area contributed by atoms with Crippen molar-refractivity contribution in [1.29, 1.82) is 0 Å². The van der Waals surface area contributed by atoms with Gasteiger partial charge in [-0.15, -0.1) is 5.10 Å². The van der Waals surface area contributed by atoms with Crippen molar-refractivity contribution in [3.8, 4) is 5.69 Å². The number of likely N-dealkylation sites (tertiary alicyclic amines) is 2. The fourth-order valence-electron chi connectivity index (χ4n) is 6.62. The fraction of sp³-hybridized carbons (Fsp3) is 0.344. The number of benzene rings is 3. The minimum Gasteiger partial charge on any atom is -0.349 e. The van der Waals surface area contributed by atoms with Crippen LogP contribution in [0, 0.1) is 0 Å². The minimum absolute atomic E-state index is 0.0255. The summed E-state index contributed by atoms with van der Waals surface area (Å²) in [5.41, 5.74) is 2.93. The van der Waals surface area contributed by atoms with Crippen molar-refractivity contribution in [3.05, 3.63) is 106 Å². The van der Waals surface area contributed by atoms with Crippen LogP contribution in [-0.2, 0) is 15.7 Å². The lowest BCUT2D eigenvalue weighted by molar-refractivity contribution is -0.112. The molecule has 222 valence electrons. The summed E-state index contributed by atoms with van der Waals surface area (Å²) in [7, 11) is 0. The molecule has 3 heterocycles. The Kier molecular flexibility index (Phi) is 8.47. The monoisotopic (exact) mass is 617 g/mol. The van der Waals surface area contributed by atoms with Gasteiger partial charge in [-0.2, -0.15) is 0 Å². The van der Waals surface area contributed by atoms with Crippen molar-refractivity contribution in [2.75, 3.05) is 32.7 Å². The second-order valence-corrected chi connectivity index (χ2v) is 12.3. The molecular formula is C32H33Cl2N7O2. The first-order valence-electron chi connectivity index (χ1n) is 14.5. The van der Waals surface area contributed by atoms with Crippen molar-refractivity contribution in [1.82, 2.24) is 35.3 Å². The third-order valence-electron chi connectivity index (χ3n) is 9.16. The number of piperidine rings is 1. The van der Waals surface area contributed by atoms with Crippen LogP contribution in [0.3, 0.4) is 0 Å². The van der Waals surface area contributed by atoms with Gasteiger partial charge in [-0.3, -0.25) is 9.59 Å². The van der Waals surface area contributed by atoms with Gasteiger partial charge in [0.25, 0.3) is 5.91 Å². The third kappa shape index (κ3) is 6.02. The van der Waals surface area contributed by atoms with Crippen LogP contribution < -0.4 is 5.32 Å². The Morgan fingerprint density at radius 3 is 2.44 bits per heavy atom. The van der Waals surface area contributed by atoms with E-state index in [2.05, 4.69) is 37.9 Å². The van der Waals surface area contributed by atoms with E-state index < -0.39 is 0 Å². The van der Waals surface area contributed by atoms with Gasteiger partial charge in [-0.25, -0.2) is 4.68 Å². The van der Waals surface area contributed by atoms with Gasteiger partial charge in [0.15, 0.2) is 0 Å². The SMILES string of the molecule is O=CNC1(c2ccccc2)CCN(CC[C@]2(c3ccc(Cl)c(Cl)c3)CCN(C(=O)c3cccc(-n4cnnn4)c3)C2)CC1. The lowest BCUT2D eigenvalue weighted by Crippen LogP contribution is -2.51. The summed E-state index contributed by atoms with van der Waals surface area (Å²) in [6.07, 6.45) is 5.67. The van der Waals surface area contributed by atoms with E-state index in [1.807, 2.05) is 65.6 Å². The smallest absolute Gasteiger partial charge is 0.253 e. The van der Waals surface area contributed by atoms with Gasteiger partial charge < -0.3 is 15.1 Å². The number of aromatic nitrogens is 4. The van der Waals surface area contributed by atoms with Crippen LogP contribution in [-0.4, -0.2) is 75.0 Å². The van der Waals surface area contributed by atoms with Crippen LogP contribution in [0.25, 0.3) is 5.69 Å².